The first-order valence-corrected chi connectivity index (χ1v) is 14.0. The van der Waals surface area contributed by atoms with Gasteiger partial charge in [0, 0.05) is 18.3 Å². The first-order valence-electron chi connectivity index (χ1n) is 13.6. The Labute approximate surface area is 234 Å². The van der Waals surface area contributed by atoms with Crippen molar-refractivity contribution in [3.05, 3.63) is 58.8 Å². The van der Waals surface area contributed by atoms with Crippen LogP contribution >= 0.6 is 12.2 Å². The van der Waals surface area contributed by atoms with E-state index in [4.69, 9.17) is 18.8 Å². The van der Waals surface area contributed by atoms with Gasteiger partial charge in [0.1, 0.15) is 17.6 Å². The van der Waals surface area contributed by atoms with E-state index in [0.717, 1.165) is 19.4 Å². The molecular formula is C29H33FN6O2S. The van der Waals surface area contributed by atoms with Crippen LogP contribution in [0.1, 0.15) is 67.3 Å². The van der Waals surface area contributed by atoms with Gasteiger partial charge in [-0.2, -0.15) is 0 Å². The minimum absolute atomic E-state index is 0.0339. The molecule has 10 heteroatoms. The highest BCUT2D eigenvalue weighted by atomic mass is 32.1. The Morgan fingerprint density at radius 3 is 2.62 bits per heavy atom. The number of halogens is 1. The fourth-order valence-corrected chi connectivity index (χ4v) is 6.45. The Morgan fingerprint density at radius 2 is 2.00 bits per heavy atom. The minimum atomic E-state index is -0.884. The molecule has 2 amide bonds. The number of rotatable bonds is 8. The van der Waals surface area contributed by atoms with Crippen molar-refractivity contribution < 1.29 is 14.0 Å². The molecule has 1 N–H and O–H groups in total. The molecule has 0 atom stereocenters. The molecule has 8 nitrogen and oxygen atoms in total. The predicted octanol–water partition coefficient (Wildman–Crippen LogP) is 5.14. The summed E-state index contributed by atoms with van der Waals surface area (Å²) in [6.45, 7) is 10.4. The highest BCUT2D eigenvalue weighted by Gasteiger charge is 2.59. The molecule has 3 fully saturated rings. The van der Waals surface area contributed by atoms with Gasteiger partial charge in [-0.25, -0.2) is 4.39 Å². The maximum absolute atomic E-state index is 15.3. The second-order valence-electron chi connectivity index (χ2n) is 10.8. The second-order valence-corrected chi connectivity index (χ2v) is 11.1. The number of carbonyl (C=O) groups excluding carboxylic acids is 2. The minimum Gasteiger partial charge on any atom is -0.360 e. The zero-order valence-electron chi connectivity index (χ0n) is 22.4. The molecular weight excluding hydrogens is 515 g/mol. The van der Waals surface area contributed by atoms with Gasteiger partial charge in [-0.05, 0) is 101 Å². The molecule has 1 saturated heterocycles. The zero-order chi connectivity index (χ0) is 27.7. The van der Waals surface area contributed by atoms with Gasteiger partial charge in [0.05, 0.1) is 11.3 Å². The Morgan fingerprint density at radius 1 is 1.26 bits per heavy atom. The smallest absolute Gasteiger partial charge is 0.272 e. The molecule has 2 aliphatic carbocycles. The summed E-state index contributed by atoms with van der Waals surface area (Å²) in [6, 6.07) is 6.75. The summed E-state index contributed by atoms with van der Waals surface area (Å²) < 4.78 is 15.3. The largest absolute Gasteiger partial charge is 0.360 e. The summed E-state index contributed by atoms with van der Waals surface area (Å²) >= 11 is 5.75. The molecule has 0 unspecified atom stereocenters. The molecule has 2 aromatic rings. The average molecular weight is 549 g/mol. The van der Waals surface area contributed by atoms with Crippen molar-refractivity contribution in [2.24, 2.45) is 0 Å². The maximum atomic E-state index is 15.3. The number of hydrogen-bond acceptors (Lipinski definition) is 5. The third kappa shape index (κ3) is 4.90. The summed E-state index contributed by atoms with van der Waals surface area (Å²) in [5.41, 5.74) is 0.647. The zero-order valence-corrected chi connectivity index (χ0v) is 23.2. The normalized spacial score (nSPS) is 18.6. The molecule has 2 heterocycles. The molecule has 1 aromatic heterocycles. The van der Waals surface area contributed by atoms with Crippen LogP contribution in [0.2, 0.25) is 0 Å². The molecule has 0 radical (unpaired) electrons. The number of amides is 2. The fourth-order valence-electron chi connectivity index (χ4n) is 5.98. The quantitative estimate of drug-likeness (QED) is 0.280. The highest BCUT2D eigenvalue weighted by Crippen LogP contribution is 2.48. The van der Waals surface area contributed by atoms with Crippen molar-refractivity contribution in [3.63, 3.8) is 0 Å². The molecule has 5 rings (SSSR count). The Kier molecular flexibility index (Phi) is 7.65. The summed E-state index contributed by atoms with van der Waals surface area (Å²) in [7, 11) is 2.12. The highest BCUT2D eigenvalue weighted by molar-refractivity contribution is 7.81. The number of aromatic nitrogens is 1. The van der Waals surface area contributed by atoms with E-state index in [1.807, 2.05) is 0 Å². The number of pyridine rings is 1. The van der Waals surface area contributed by atoms with Crippen molar-refractivity contribution in [2.75, 3.05) is 29.9 Å². The van der Waals surface area contributed by atoms with E-state index in [2.05, 4.69) is 27.1 Å². The molecule has 1 aliphatic heterocycles. The lowest BCUT2D eigenvalue weighted by atomic mass is 9.75. The number of aryl methyl sites for hydroxylation is 1. The number of benzene rings is 1. The van der Waals surface area contributed by atoms with E-state index in [1.165, 1.54) is 48.9 Å². The van der Waals surface area contributed by atoms with Gasteiger partial charge >= 0.3 is 0 Å². The van der Waals surface area contributed by atoms with Crippen LogP contribution < -0.4 is 15.1 Å². The van der Waals surface area contributed by atoms with Crippen LogP contribution in [0.25, 0.3) is 4.85 Å². The third-order valence-electron chi connectivity index (χ3n) is 8.37. The maximum Gasteiger partial charge on any atom is 0.272 e. The standard InChI is InChI=1S/C29H33FN6O2S/c1-19-16-22(18-33-25(19)31-2)35-27(38)29(12-6-13-29)36(28(35)39)21-10-11-23(24(30)17-21)26(37)32-14-7-15-34(3)20-8-4-5-9-20/h10-11,16-18,20H,4-9,12-15H2,1,3H3,(H,32,37). The van der Waals surface area contributed by atoms with E-state index in [0.29, 0.717) is 42.4 Å². The first kappa shape index (κ1) is 27.2. The molecule has 0 bridgehead atoms. The average Bonchev–Trinajstić information content (AvgIpc) is 3.51. The summed E-state index contributed by atoms with van der Waals surface area (Å²) in [5, 5.41) is 3.07. The van der Waals surface area contributed by atoms with Gasteiger partial charge in [-0.15, -0.1) is 4.98 Å². The number of nitrogens with zero attached hydrogens (tertiary/aromatic N) is 5. The Bertz CT molecular complexity index is 1350. The van der Waals surface area contributed by atoms with Crippen LogP contribution in [0.15, 0.2) is 30.5 Å². The molecule has 1 aromatic carbocycles. The lowest BCUT2D eigenvalue weighted by Crippen LogP contribution is -2.55. The third-order valence-corrected chi connectivity index (χ3v) is 8.73. The van der Waals surface area contributed by atoms with Crippen molar-refractivity contribution in [2.45, 2.75) is 69.9 Å². The topological polar surface area (TPSA) is 73.1 Å². The van der Waals surface area contributed by atoms with E-state index in [9.17, 15) is 9.59 Å². The molecule has 3 aliphatic rings. The van der Waals surface area contributed by atoms with Crippen LogP contribution in [-0.2, 0) is 4.79 Å². The Hall–Kier alpha value is -3.42. The number of nitrogens with one attached hydrogen (secondary N) is 1. The van der Waals surface area contributed by atoms with Gasteiger partial charge in [0.15, 0.2) is 5.11 Å². The summed E-state index contributed by atoms with van der Waals surface area (Å²) in [6.07, 6.45) is 9.33. The van der Waals surface area contributed by atoms with E-state index < -0.39 is 17.3 Å². The Balaban J connectivity index is 1.29. The number of hydrogen-bond donors (Lipinski definition) is 1. The lowest BCUT2D eigenvalue weighted by molar-refractivity contribution is -0.123. The monoisotopic (exact) mass is 548 g/mol. The molecule has 39 heavy (non-hydrogen) atoms. The summed E-state index contributed by atoms with van der Waals surface area (Å²) in [4.78, 5) is 39.5. The van der Waals surface area contributed by atoms with E-state index >= 15 is 4.39 Å². The molecule has 204 valence electrons. The fraction of sp³-hybridized carbons (Fsp3) is 0.483. The van der Waals surface area contributed by atoms with Crippen molar-refractivity contribution in [1.29, 1.82) is 0 Å². The van der Waals surface area contributed by atoms with Gasteiger partial charge in [-0.1, -0.05) is 19.4 Å². The van der Waals surface area contributed by atoms with E-state index in [1.54, 1.807) is 24.0 Å². The van der Waals surface area contributed by atoms with Gasteiger partial charge in [0.2, 0.25) is 0 Å². The van der Waals surface area contributed by atoms with Crippen LogP contribution in [0.4, 0.5) is 21.6 Å². The van der Waals surface area contributed by atoms with Crippen molar-refractivity contribution in [1.82, 2.24) is 15.2 Å². The van der Waals surface area contributed by atoms with Crippen LogP contribution in [0, 0.1) is 19.3 Å². The van der Waals surface area contributed by atoms with Gasteiger partial charge < -0.3 is 20.0 Å². The predicted molar refractivity (Wildman–Crippen MR) is 153 cm³/mol. The molecule has 1 spiro atoms. The second kappa shape index (κ2) is 11.0. The number of anilines is 2. The lowest BCUT2D eigenvalue weighted by Gasteiger charge is -2.43. The van der Waals surface area contributed by atoms with Crippen molar-refractivity contribution in [3.8, 4) is 0 Å². The number of carbonyl (C=O) groups is 2. The van der Waals surface area contributed by atoms with Crippen LogP contribution in [-0.4, -0.2) is 58.5 Å². The SMILES string of the molecule is [C-]#[N+]c1ncc(N2C(=O)C3(CCC3)N(c3ccc(C(=O)NCCCN(C)C4CCCC4)c(F)c3)C2=S)cc1C. The van der Waals surface area contributed by atoms with Gasteiger partial charge in [-0.3, -0.25) is 14.5 Å². The first-order chi connectivity index (χ1) is 18.8. The summed E-state index contributed by atoms with van der Waals surface area (Å²) in [5.74, 6) is -1.03. The van der Waals surface area contributed by atoms with Crippen LogP contribution in [0.3, 0.4) is 0 Å². The van der Waals surface area contributed by atoms with Crippen molar-refractivity contribution >= 4 is 46.3 Å². The van der Waals surface area contributed by atoms with E-state index in [-0.39, 0.29) is 22.4 Å². The van der Waals surface area contributed by atoms with Gasteiger partial charge in [0.25, 0.3) is 17.6 Å². The number of thiocarbonyl (C=S) groups is 1. The molecule has 2 saturated carbocycles. The van der Waals surface area contributed by atoms with Crippen LogP contribution in [0.5, 0.6) is 0 Å².